The summed E-state index contributed by atoms with van der Waals surface area (Å²) in [6.45, 7) is 5.00. The molecule has 0 amide bonds. The molecule has 0 heterocycles. The van der Waals surface area contributed by atoms with Gasteiger partial charge in [0.2, 0.25) is 0 Å². The third kappa shape index (κ3) is 27.0. The van der Waals surface area contributed by atoms with Crippen LogP contribution in [0.5, 0.6) is 0 Å². The van der Waals surface area contributed by atoms with Crippen LogP contribution >= 0.6 is 0 Å². The number of rotatable bonds is 0. The Kier molecular flexibility index (Phi) is 21.9. The molecule has 1 heteroatoms. The Bertz CT molecular complexity index is 10.8. The van der Waals surface area contributed by atoms with Gasteiger partial charge >= 0.3 is 0 Å². The van der Waals surface area contributed by atoms with Crippen molar-refractivity contribution in [2.45, 2.75) is 6.92 Å². The van der Waals surface area contributed by atoms with E-state index >= 15 is 0 Å². The van der Waals surface area contributed by atoms with E-state index in [2.05, 4.69) is 12.7 Å². The molecule has 0 nitrogen and oxygen atoms in total. The second-order valence-electron chi connectivity index (χ2n) is 0.354. The second-order valence-corrected chi connectivity index (χ2v) is 0.354. The molecule has 0 radical (unpaired) electrons. The molecule has 0 aliphatic carbocycles. The smallest absolute Gasteiger partial charge is 0 e. The van der Waals surface area contributed by atoms with Crippen LogP contribution < -0.4 is 0 Å². The maximum Gasteiger partial charge on any atom is 0 e. The van der Waals surface area contributed by atoms with Crippen molar-refractivity contribution >= 4 is 0 Å². The minimum atomic E-state index is 0. The van der Waals surface area contributed by atoms with Gasteiger partial charge in [-0.25, -0.2) is 0 Å². The summed E-state index contributed by atoms with van der Waals surface area (Å²) in [6, 6.07) is 0. The Balaban J connectivity index is 0. The quantitative estimate of drug-likeness (QED) is 0.539. The van der Waals surface area contributed by atoms with Crippen molar-refractivity contribution in [1.82, 2.24) is 0 Å². The van der Waals surface area contributed by atoms with E-state index in [0.29, 0.717) is 0 Å². The van der Waals surface area contributed by atoms with E-state index < -0.39 is 0 Å². The summed E-state index contributed by atoms with van der Waals surface area (Å²) < 4.78 is 0. The molecule has 0 bridgehead atoms. The molecular weight excluding hydrogens is 220 g/mol. The minimum Gasteiger partial charge on any atom is -0.507 e. The van der Waals surface area contributed by atoms with E-state index in [0.717, 1.165) is 0 Å². The molecule has 0 fully saturated rings. The van der Waals surface area contributed by atoms with Crippen LogP contribution in [0.3, 0.4) is 0 Å². The first-order valence-corrected chi connectivity index (χ1v) is 0.854. The fourth-order valence-corrected chi connectivity index (χ4v) is 0. The molecule has 0 aliphatic heterocycles. The van der Waals surface area contributed by atoms with Crippen molar-refractivity contribution in [3.05, 3.63) is 12.7 Å². The summed E-state index contributed by atoms with van der Waals surface area (Å²) in [5.41, 5.74) is 0. The van der Waals surface area contributed by atoms with Crippen LogP contribution in [0.15, 0.2) is 6.58 Å². The summed E-state index contributed by atoms with van der Waals surface area (Å²) in [4.78, 5) is 0. The van der Waals surface area contributed by atoms with Gasteiger partial charge in [-0.3, -0.25) is 6.58 Å². The fraction of sp³-hybridized carbons (Fsp3) is 0.333. The molecule has 0 rings (SSSR count). The van der Waals surface area contributed by atoms with Crippen molar-refractivity contribution < 1.29 is 21.1 Å². The van der Waals surface area contributed by atoms with Crippen LogP contribution in [0.2, 0.25) is 0 Å². The SMILES string of the molecule is C=[C-]C.[W]. The average Bonchev–Trinajstić information content (AvgIpc) is 0.918. The maximum atomic E-state index is 3.24. The summed E-state index contributed by atoms with van der Waals surface area (Å²) in [6.07, 6.45) is 2.50. The van der Waals surface area contributed by atoms with E-state index in [1.54, 1.807) is 6.92 Å². The van der Waals surface area contributed by atoms with Gasteiger partial charge in [-0.05, 0) is 0 Å². The second kappa shape index (κ2) is 9.91. The van der Waals surface area contributed by atoms with Crippen LogP contribution in [0.25, 0.3) is 0 Å². The Labute approximate surface area is 41.2 Å². The molecule has 0 saturated heterocycles. The van der Waals surface area contributed by atoms with Gasteiger partial charge in [0.1, 0.15) is 0 Å². The minimum absolute atomic E-state index is 0. The van der Waals surface area contributed by atoms with Crippen molar-refractivity contribution in [3.63, 3.8) is 0 Å². The maximum absolute atomic E-state index is 3.24. The van der Waals surface area contributed by atoms with Crippen LogP contribution in [-0.4, -0.2) is 0 Å². The molecule has 0 saturated carbocycles. The van der Waals surface area contributed by atoms with Gasteiger partial charge in [0.05, 0.1) is 0 Å². The van der Waals surface area contributed by atoms with Crippen LogP contribution in [-0.2, 0) is 21.1 Å². The van der Waals surface area contributed by atoms with Gasteiger partial charge in [-0.1, -0.05) is 0 Å². The Morgan fingerprint density at radius 2 is 1.75 bits per heavy atom. The van der Waals surface area contributed by atoms with Crippen molar-refractivity contribution in [1.29, 1.82) is 0 Å². The van der Waals surface area contributed by atoms with E-state index in [4.69, 9.17) is 0 Å². The van der Waals surface area contributed by atoms with Gasteiger partial charge in [-0.15, -0.1) is 0 Å². The molecule has 0 spiro atoms. The number of hydrogen-bond donors (Lipinski definition) is 0. The number of allylic oxidation sites excluding steroid dienone is 1. The molecular formula is C3H5W-. The van der Waals surface area contributed by atoms with Gasteiger partial charge in [0, 0.05) is 21.1 Å². The molecule has 0 unspecified atom stereocenters. The molecule has 0 aromatic heterocycles. The van der Waals surface area contributed by atoms with Crippen molar-refractivity contribution in [2.75, 3.05) is 0 Å². The van der Waals surface area contributed by atoms with E-state index in [1.807, 2.05) is 0 Å². The summed E-state index contributed by atoms with van der Waals surface area (Å²) >= 11 is 0. The molecule has 24 valence electrons. The molecule has 0 aliphatic rings. The summed E-state index contributed by atoms with van der Waals surface area (Å²) in [5, 5.41) is 0. The average molecular weight is 225 g/mol. The van der Waals surface area contributed by atoms with Crippen molar-refractivity contribution in [2.24, 2.45) is 0 Å². The van der Waals surface area contributed by atoms with E-state index in [1.165, 1.54) is 0 Å². The van der Waals surface area contributed by atoms with Crippen molar-refractivity contribution in [3.8, 4) is 0 Å². The summed E-state index contributed by atoms with van der Waals surface area (Å²) in [7, 11) is 0. The first-order chi connectivity index (χ1) is 1.41. The van der Waals surface area contributed by atoms with Crippen LogP contribution in [0.4, 0.5) is 0 Å². The normalized spacial score (nSPS) is 3.25. The molecule has 4 heavy (non-hydrogen) atoms. The van der Waals surface area contributed by atoms with Crippen LogP contribution in [0, 0.1) is 6.08 Å². The van der Waals surface area contributed by atoms with Crippen LogP contribution in [0.1, 0.15) is 6.92 Å². The van der Waals surface area contributed by atoms with Gasteiger partial charge in [0.25, 0.3) is 0 Å². The largest absolute Gasteiger partial charge is 0.507 e. The molecule has 0 aromatic carbocycles. The molecule has 0 N–H and O–H groups in total. The predicted octanol–water partition coefficient (Wildman–Crippen LogP) is 0.993. The zero-order chi connectivity index (χ0) is 2.71. The standard InChI is InChI=1S/C3H5.W/c1-3-2;/h1H2,2H3;/q-1;. The third-order valence-electron chi connectivity index (χ3n) is 0. The predicted molar refractivity (Wildman–Crippen MR) is 14.5 cm³/mol. The monoisotopic (exact) mass is 225 g/mol. The first kappa shape index (κ1) is 8.83. The Hall–Kier alpha value is 0.428. The van der Waals surface area contributed by atoms with E-state index in [-0.39, 0.29) is 21.1 Å². The Morgan fingerprint density at radius 3 is 1.75 bits per heavy atom. The fourth-order valence-electron chi connectivity index (χ4n) is 0. The zero-order valence-electron chi connectivity index (χ0n) is 2.62. The molecule has 0 atom stereocenters. The van der Waals surface area contributed by atoms with Gasteiger partial charge < -0.3 is 6.08 Å². The van der Waals surface area contributed by atoms with Gasteiger partial charge in [-0.2, -0.15) is 6.92 Å². The summed E-state index contributed by atoms with van der Waals surface area (Å²) in [5.74, 6) is 0. The third-order valence-corrected chi connectivity index (χ3v) is 0. The zero-order valence-corrected chi connectivity index (χ0v) is 5.55. The first-order valence-electron chi connectivity index (χ1n) is 0.854. The molecule has 0 aromatic rings. The topological polar surface area (TPSA) is 0 Å². The number of hydrogen-bond acceptors (Lipinski definition) is 0. The van der Waals surface area contributed by atoms with E-state index in [9.17, 15) is 0 Å². The Morgan fingerprint density at radius 1 is 1.75 bits per heavy atom. The van der Waals surface area contributed by atoms with Gasteiger partial charge in [0.15, 0.2) is 0 Å².